The van der Waals surface area contributed by atoms with Crippen LogP contribution in [0.1, 0.15) is 25.3 Å². The summed E-state index contributed by atoms with van der Waals surface area (Å²) in [5, 5.41) is 0. The van der Waals surface area contributed by atoms with Crippen molar-refractivity contribution in [2.24, 2.45) is 0 Å². The minimum Gasteiger partial charge on any atom is -0.295 e. The molecule has 4 nitrogen and oxygen atoms in total. The van der Waals surface area contributed by atoms with Crippen molar-refractivity contribution in [1.29, 1.82) is 0 Å². The SMILES string of the molecule is Cc1cc(Br)ccc1S(=O)(=O)N1CCN(C2(C)CC2)CC1. The summed E-state index contributed by atoms with van der Waals surface area (Å²) in [5.41, 5.74) is 1.13. The van der Waals surface area contributed by atoms with Gasteiger partial charge in [-0.05, 0) is 50.5 Å². The van der Waals surface area contributed by atoms with Crippen LogP contribution in [0.2, 0.25) is 0 Å². The lowest BCUT2D eigenvalue weighted by Gasteiger charge is -2.37. The Morgan fingerprint density at radius 3 is 2.29 bits per heavy atom. The number of aryl methyl sites for hydroxylation is 1. The number of hydrogen-bond donors (Lipinski definition) is 0. The quantitative estimate of drug-likeness (QED) is 0.818. The van der Waals surface area contributed by atoms with Gasteiger partial charge in [-0.3, -0.25) is 4.90 Å². The maximum atomic E-state index is 12.8. The van der Waals surface area contributed by atoms with E-state index in [-0.39, 0.29) is 0 Å². The first-order valence-corrected chi connectivity index (χ1v) is 9.58. The molecule has 0 unspecified atom stereocenters. The molecule has 0 aromatic heterocycles. The average Bonchev–Trinajstić information content (AvgIpc) is 3.18. The van der Waals surface area contributed by atoms with E-state index in [1.165, 1.54) is 12.8 Å². The summed E-state index contributed by atoms with van der Waals surface area (Å²) in [5.74, 6) is 0. The molecule has 2 aliphatic rings. The molecule has 0 amide bonds. The summed E-state index contributed by atoms with van der Waals surface area (Å²) >= 11 is 3.38. The fourth-order valence-electron chi connectivity index (χ4n) is 3.01. The van der Waals surface area contributed by atoms with Crippen molar-refractivity contribution in [2.45, 2.75) is 37.1 Å². The van der Waals surface area contributed by atoms with Crippen LogP contribution in [0.3, 0.4) is 0 Å². The van der Waals surface area contributed by atoms with E-state index >= 15 is 0 Å². The molecule has 1 heterocycles. The summed E-state index contributed by atoms with van der Waals surface area (Å²) in [4.78, 5) is 2.87. The van der Waals surface area contributed by atoms with Gasteiger partial charge >= 0.3 is 0 Å². The number of hydrogen-bond acceptors (Lipinski definition) is 3. The van der Waals surface area contributed by atoms with Crippen LogP contribution in [-0.4, -0.2) is 49.3 Å². The van der Waals surface area contributed by atoms with Gasteiger partial charge in [0, 0.05) is 36.2 Å². The molecule has 3 rings (SSSR count). The second kappa shape index (κ2) is 5.33. The van der Waals surface area contributed by atoms with Crippen molar-refractivity contribution in [3.63, 3.8) is 0 Å². The molecular weight excluding hydrogens is 352 g/mol. The van der Waals surface area contributed by atoms with Gasteiger partial charge in [0.15, 0.2) is 0 Å². The summed E-state index contributed by atoms with van der Waals surface area (Å²) < 4.78 is 28.1. The van der Waals surface area contributed by atoms with Crippen LogP contribution in [0.25, 0.3) is 0 Å². The molecular formula is C15H21BrN2O2S. The highest BCUT2D eigenvalue weighted by Gasteiger charge is 2.45. The molecule has 1 saturated carbocycles. The van der Waals surface area contributed by atoms with E-state index in [0.29, 0.717) is 23.5 Å². The molecule has 1 aliphatic heterocycles. The Morgan fingerprint density at radius 2 is 1.76 bits per heavy atom. The van der Waals surface area contributed by atoms with E-state index in [1.807, 2.05) is 13.0 Å². The molecule has 6 heteroatoms. The fraction of sp³-hybridized carbons (Fsp3) is 0.600. The summed E-state index contributed by atoms with van der Waals surface area (Å²) in [6, 6.07) is 5.35. The molecule has 1 aromatic carbocycles. The Balaban J connectivity index is 1.77. The highest BCUT2D eigenvalue weighted by atomic mass is 79.9. The van der Waals surface area contributed by atoms with Crippen LogP contribution >= 0.6 is 15.9 Å². The number of rotatable bonds is 3. The zero-order valence-corrected chi connectivity index (χ0v) is 14.9. The van der Waals surface area contributed by atoms with Crippen LogP contribution in [0.4, 0.5) is 0 Å². The van der Waals surface area contributed by atoms with Gasteiger partial charge in [-0.2, -0.15) is 4.31 Å². The third kappa shape index (κ3) is 2.91. The van der Waals surface area contributed by atoms with Crippen molar-refractivity contribution in [2.75, 3.05) is 26.2 Å². The molecule has 1 aliphatic carbocycles. The first kappa shape index (κ1) is 15.5. The lowest BCUT2D eigenvalue weighted by molar-refractivity contribution is 0.132. The topological polar surface area (TPSA) is 40.6 Å². The third-order valence-electron chi connectivity index (χ3n) is 4.73. The van der Waals surface area contributed by atoms with Crippen molar-refractivity contribution >= 4 is 26.0 Å². The predicted molar refractivity (Wildman–Crippen MR) is 86.8 cm³/mol. The van der Waals surface area contributed by atoms with E-state index in [1.54, 1.807) is 16.4 Å². The van der Waals surface area contributed by atoms with E-state index in [4.69, 9.17) is 0 Å². The number of sulfonamides is 1. The molecule has 0 spiro atoms. The largest absolute Gasteiger partial charge is 0.295 e. The minimum atomic E-state index is -3.37. The molecule has 116 valence electrons. The van der Waals surface area contributed by atoms with Crippen molar-refractivity contribution in [1.82, 2.24) is 9.21 Å². The van der Waals surface area contributed by atoms with Gasteiger partial charge in [-0.15, -0.1) is 0 Å². The van der Waals surface area contributed by atoms with E-state index < -0.39 is 10.0 Å². The lowest BCUT2D eigenvalue weighted by atomic mass is 10.2. The Morgan fingerprint density at radius 1 is 1.14 bits per heavy atom. The molecule has 1 saturated heterocycles. The van der Waals surface area contributed by atoms with Crippen LogP contribution in [0, 0.1) is 6.92 Å². The zero-order valence-electron chi connectivity index (χ0n) is 12.5. The van der Waals surface area contributed by atoms with Crippen LogP contribution in [-0.2, 0) is 10.0 Å². The van der Waals surface area contributed by atoms with E-state index in [9.17, 15) is 8.42 Å². The summed E-state index contributed by atoms with van der Waals surface area (Å²) in [7, 11) is -3.37. The number of benzene rings is 1. The second-order valence-electron chi connectivity index (χ2n) is 6.30. The second-order valence-corrected chi connectivity index (χ2v) is 9.12. The number of piperazine rings is 1. The minimum absolute atomic E-state index is 0.337. The number of nitrogens with zero attached hydrogens (tertiary/aromatic N) is 2. The molecule has 21 heavy (non-hydrogen) atoms. The van der Waals surface area contributed by atoms with E-state index in [0.717, 1.165) is 23.1 Å². The van der Waals surface area contributed by atoms with Crippen LogP contribution in [0.5, 0.6) is 0 Å². The monoisotopic (exact) mass is 372 g/mol. The number of halogens is 1. The molecule has 0 N–H and O–H groups in total. The van der Waals surface area contributed by atoms with Gasteiger partial charge in [-0.1, -0.05) is 15.9 Å². The molecule has 2 fully saturated rings. The van der Waals surface area contributed by atoms with Gasteiger partial charge in [0.05, 0.1) is 4.90 Å². The van der Waals surface area contributed by atoms with Crippen LogP contribution in [0.15, 0.2) is 27.6 Å². The Bertz CT molecular complexity index is 648. The fourth-order valence-corrected chi connectivity index (χ4v) is 5.11. The first-order chi connectivity index (χ1) is 9.83. The van der Waals surface area contributed by atoms with Crippen molar-refractivity contribution < 1.29 is 8.42 Å². The highest BCUT2D eigenvalue weighted by molar-refractivity contribution is 9.10. The first-order valence-electron chi connectivity index (χ1n) is 7.34. The lowest BCUT2D eigenvalue weighted by Crippen LogP contribution is -2.52. The highest BCUT2D eigenvalue weighted by Crippen LogP contribution is 2.41. The molecule has 0 radical (unpaired) electrons. The predicted octanol–water partition coefficient (Wildman–Crippen LogP) is 2.62. The Kier molecular flexibility index (Phi) is 3.93. The molecule has 1 aromatic rings. The average molecular weight is 373 g/mol. The van der Waals surface area contributed by atoms with Gasteiger partial charge in [0.1, 0.15) is 0 Å². The van der Waals surface area contributed by atoms with Gasteiger partial charge in [0.25, 0.3) is 0 Å². The van der Waals surface area contributed by atoms with Crippen LogP contribution < -0.4 is 0 Å². The Hall–Kier alpha value is -0.430. The maximum Gasteiger partial charge on any atom is 0.243 e. The Labute approximate surface area is 135 Å². The maximum absolute atomic E-state index is 12.8. The normalized spacial score (nSPS) is 23.2. The van der Waals surface area contributed by atoms with E-state index in [2.05, 4.69) is 27.8 Å². The van der Waals surface area contributed by atoms with Crippen molar-refractivity contribution in [3.8, 4) is 0 Å². The molecule has 0 atom stereocenters. The van der Waals surface area contributed by atoms with Crippen molar-refractivity contribution in [3.05, 3.63) is 28.2 Å². The van der Waals surface area contributed by atoms with Gasteiger partial charge in [-0.25, -0.2) is 8.42 Å². The molecule has 0 bridgehead atoms. The third-order valence-corrected chi connectivity index (χ3v) is 7.28. The summed E-state index contributed by atoms with van der Waals surface area (Å²) in [6.07, 6.45) is 2.48. The zero-order chi connectivity index (χ0) is 15.3. The smallest absolute Gasteiger partial charge is 0.243 e. The summed E-state index contributed by atoms with van der Waals surface area (Å²) in [6.45, 7) is 6.98. The van der Waals surface area contributed by atoms with Gasteiger partial charge in [0.2, 0.25) is 10.0 Å². The van der Waals surface area contributed by atoms with Gasteiger partial charge < -0.3 is 0 Å². The standard InChI is InChI=1S/C15H21BrN2O2S/c1-12-11-13(16)3-4-14(12)21(19,20)18-9-7-17(8-10-18)15(2)5-6-15/h3-4,11H,5-10H2,1-2H3.